The Morgan fingerprint density at radius 2 is 2.00 bits per heavy atom. The highest BCUT2D eigenvalue weighted by atomic mass is 32.2. The summed E-state index contributed by atoms with van der Waals surface area (Å²) in [7, 11) is -3.29. The molecule has 84 valence electrons. The first-order chi connectivity index (χ1) is 7.50. The highest BCUT2D eigenvalue weighted by Crippen LogP contribution is 2.17. The predicted molar refractivity (Wildman–Crippen MR) is 59.2 cm³/mol. The molecule has 2 aromatic rings. The average Bonchev–Trinajstić information content (AvgIpc) is 2.63. The molecule has 0 atom stereocenters. The standard InChI is InChI=1S/C10H11N3O2S/c1-8-11-6-7-13(8)10-9(16(2,14)15)4-3-5-12-10/h3-7H,1-2H3. The van der Waals surface area contributed by atoms with Crippen LogP contribution in [0.25, 0.3) is 5.82 Å². The molecule has 2 aromatic heterocycles. The van der Waals surface area contributed by atoms with Crippen molar-refractivity contribution in [3.05, 3.63) is 36.5 Å². The van der Waals surface area contributed by atoms with Crippen LogP contribution >= 0.6 is 0 Å². The second kappa shape index (κ2) is 3.71. The molecule has 0 saturated heterocycles. The third-order valence-corrected chi connectivity index (χ3v) is 3.32. The number of sulfone groups is 1. The Morgan fingerprint density at radius 3 is 2.56 bits per heavy atom. The van der Waals surface area contributed by atoms with Crippen molar-refractivity contribution in [1.82, 2.24) is 14.5 Å². The normalized spacial score (nSPS) is 11.6. The van der Waals surface area contributed by atoms with E-state index in [0.717, 1.165) is 0 Å². The largest absolute Gasteiger partial charge is 0.287 e. The third-order valence-electron chi connectivity index (χ3n) is 2.20. The zero-order valence-corrected chi connectivity index (χ0v) is 9.77. The van der Waals surface area contributed by atoms with Crippen LogP contribution < -0.4 is 0 Å². The topological polar surface area (TPSA) is 64.8 Å². The molecular weight excluding hydrogens is 226 g/mol. The lowest BCUT2D eigenvalue weighted by atomic mass is 10.4. The first-order valence-electron chi connectivity index (χ1n) is 4.65. The molecule has 0 N–H and O–H groups in total. The molecule has 0 amide bonds. The molecule has 0 aliphatic rings. The van der Waals surface area contributed by atoms with E-state index in [9.17, 15) is 8.42 Å². The van der Waals surface area contributed by atoms with E-state index in [1.54, 1.807) is 36.1 Å². The number of nitrogens with zero attached hydrogens (tertiary/aromatic N) is 3. The van der Waals surface area contributed by atoms with Gasteiger partial charge in [0.25, 0.3) is 0 Å². The van der Waals surface area contributed by atoms with Crippen molar-refractivity contribution in [2.45, 2.75) is 11.8 Å². The predicted octanol–water partition coefficient (Wildman–Crippen LogP) is 0.979. The molecule has 2 rings (SSSR count). The molecule has 0 aromatic carbocycles. The van der Waals surface area contributed by atoms with Crippen LogP contribution in [0.1, 0.15) is 5.82 Å². The fourth-order valence-corrected chi connectivity index (χ4v) is 2.26. The Hall–Kier alpha value is -1.69. The van der Waals surface area contributed by atoms with Crippen LogP contribution in [-0.4, -0.2) is 29.2 Å². The first kappa shape index (κ1) is 10.8. The molecule has 0 saturated carbocycles. The van der Waals surface area contributed by atoms with Crippen LogP contribution in [0.3, 0.4) is 0 Å². The van der Waals surface area contributed by atoms with Gasteiger partial charge < -0.3 is 0 Å². The third kappa shape index (κ3) is 1.83. The van der Waals surface area contributed by atoms with Crippen LogP contribution in [0, 0.1) is 6.92 Å². The van der Waals surface area contributed by atoms with Crippen LogP contribution in [0.5, 0.6) is 0 Å². The summed E-state index contributed by atoms with van der Waals surface area (Å²) in [6.45, 7) is 1.79. The van der Waals surface area contributed by atoms with Gasteiger partial charge in [0, 0.05) is 24.8 Å². The van der Waals surface area contributed by atoms with Gasteiger partial charge in [-0.1, -0.05) is 0 Å². The second-order valence-electron chi connectivity index (χ2n) is 3.44. The van der Waals surface area contributed by atoms with E-state index < -0.39 is 9.84 Å². The summed E-state index contributed by atoms with van der Waals surface area (Å²) in [5, 5.41) is 0. The average molecular weight is 237 g/mol. The minimum atomic E-state index is -3.29. The van der Waals surface area contributed by atoms with E-state index in [1.807, 2.05) is 0 Å². The van der Waals surface area contributed by atoms with Crippen molar-refractivity contribution in [2.75, 3.05) is 6.26 Å². The fourth-order valence-electron chi connectivity index (χ4n) is 1.45. The van der Waals surface area contributed by atoms with Gasteiger partial charge in [-0.25, -0.2) is 18.4 Å². The molecule has 0 radical (unpaired) electrons. The summed E-state index contributed by atoms with van der Waals surface area (Å²) in [5.41, 5.74) is 0. The van der Waals surface area contributed by atoms with Gasteiger partial charge in [-0.3, -0.25) is 4.57 Å². The first-order valence-corrected chi connectivity index (χ1v) is 6.54. The molecule has 0 aliphatic carbocycles. The number of pyridine rings is 1. The Balaban J connectivity index is 2.72. The molecular formula is C10H11N3O2S. The second-order valence-corrected chi connectivity index (χ2v) is 5.43. The highest BCUT2D eigenvalue weighted by Gasteiger charge is 2.16. The van der Waals surface area contributed by atoms with Crippen molar-refractivity contribution >= 4 is 9.84 Å². The zero-order chi connectivity index (χ0) is 11.8. The van der Waals surface area contributed by atoms with E-state index >= 15 is 0 Å². The summed E-state index contributed by atoms with van der Waals surface area (Å²) in [5.74, 6) is 1.09. The Kier molecular flexibility index (Phi) is 2.51. The minimum Gasteiger partial charge on any atom is -0.287 e. The Morgan fingerprint density at radius 1 is 1.25 bits per heavy atom. The van der Waals surface area contributed by atoms with Crippen molar-refractivity contribution in [2.24, 2.45) is 0 Å². The Bertz CT molecular complexity index is 616. The fraction of sp³-hybridized carbons (Fsp3) is 0.200. The van der Waals surface area contributed by atoms with Gasteiger partial charge >= 0.3 is 0 Å². The van der Waals surface area contributed by atoms with Crippen molar-refractivity contribution in [3.8, 4) is 5.82 Å². The van der Waals surface area contributed by atoms with Crippen molar-refractivity contribution < 1.29 is 8.42 Å². The molecule has 0 fully saturated rings. The van der Waals surface area contributed by atoms with Gasteiger partial charge in [-0.15, -0.1) is 0 Å². The summed E-state index contributed by atoms with van der Waals surface area (Å²) < 4.78 is 24.8. The van der Waals surface area contributed by atoms with E-state index in [0.29, 0.717) is 11.6 Å². The quantitative estimate of drug-likeness (QED) is 0.781. The van der Waals surface area contributed by atoms with Crippen molar-refractivity contribution in [3.63, 3.8) is 0 Å². The molecule has 0 aliphatic heterocycles. The van der Waals surface area contributed by atoms with E-state index in [-0.39, 0.29) is 4.90 Å². The van der Waals surface area contributed by atoms with E-state index in [4.69, 9.17) is 0 Å². The zero-order valence-electron chi connectivity index (χ0n) is 8.95. The number of hydrogen-bond acceptors (Lipinski definition) is 4. The van der Waals surface area contributed by atoms with E-state index in [2.05, 4.69) is 9.97 Å². The lowest BCUT2D eigenvalue weighted by Gasteiger charge is -2.08. The number of hydrogen-bond donors (Lipinski definition) is 0. The number of rotatable bonds is 2. The van der Waals surface area contributed by atoms with Gasteiger partial charge in [0.1, 0.15) is 10.7 Å². The minimum absolute atomic E-state index is 0.205. The van der Waals surface area contributed by atoms with Gasteiger partial charge in [-0.05, 0) is 19.1 Å². The maximum atomic E-state index is 11.6. The molecule has 2 heterocycles. The molecule has 0 bridgehead atoms. The van der Waals surface area contributed by atoms with Crippen LogP contribution in [0.2, 0.25) is 0 Å². The number of aryl methyl sites for hydroxylation is 1. The molecule has 6 heteroatoms. The van der Waals surface area contributed by atoms with Crippen molar-refractivity contribution in [1.29, 1.82) is 0 Å². The summed E-state index contributed by atoms with van der Waals surface area (Å²) in [6, 6.07) is 3.14. The maximum Gasteiger partial charge on any atom is 0.179 e. The van der Waals surface area contributed by atoms with Gasteiger partial charge in [-0.2, -0.15) is 0 Å². The Labute approximate surface area is 93.7 Å². The van der Waals surface area contributed by atoms with Gasteiger partial charge in [0.2, 0.25) is 0 Å². The smallest absolute Gasteiger partial charge is 0.179 e. The van der Waals surface area contributed by atoms with Crippen LogP contribution in [-0.2, 0) is 9.84 Å². The molecule has 5 nitrogen and oxygen atoms in total. The van der Waals surface area contributed by atoms with E-state index in [1.165, 1.54) is 12.3 Å². The molecule has 16 heavy (non-hydrogen) atoms. The van der Waals surface area contributed by atoms with Crippen LogP contribution in [0.15, 0.2) is 35.6 Å². The van der Waals surface area contributed by atoms with Gasteiger partial charge in [0.15, 0.2) is 15.7 Å². The summed E-state index contributed by atoms with van der Waals surface area (Å²) in [4.78, 5) is 8.34. The summed E-state index contributed by atoms with van der Waals surface area (Å²) in [6.07, 6.45) is 6.02. The number of imidazole rings is 1. The highest BCUT2D eigenvalue weighted by molar-refractivity contribution is 7.90. The van der Waals surface area contributed by atoms with Gasteiger partial charge in [0.05, 0.1) is 0 Å². The lowest BCUT2D eigenvalue weighted by molar-refractivity contribution is 0.600. The number of aromatic nitrogens is 3. The lowest BCUT2D eigenvalue weighted by Crippen LogP contribution is -2.07. The molecule has 0 spiro atoms. The monoisotopic (exact) mass is 237 g/mol. The SMILES string of the molecule is Cc1nccn1-c1ncccc1S(C)(=O)=O. The maximum absolute atomic E-state index is 11.6. The summed E-state index contributed by atoms with van der Waals surface area (Å²) >= 11 is 0. The molecule has 0 unspecified atom stereocenters. The van der Waals surface area contributed by atoms with Crippen LogP contribution in [0.4, 0.5) is 0 Å².